The number of sulfonamides is 1. The van der Waals surface area contributed by atoms with Gasteiger partial charge >= 0.3 is 0 Å². The van der Waals surface area contributed by atoms with E-state index in [0.717, 1.165) is 6.26 Å². The third kappa shape index (κ3) is 8.21. The molecule has 0 radical (unpaired) electrons. The van der Waals surface area contributed by atoms with E-state index in [4.69, 9.17) is 0 Å². The Labute approximate surface area is 188 Å². The molecule has 1 aliphatic rings. The fraction of sp³-hybridized carbons (Fsp3) is 0.611. The van der Waals surface area contributed by atoms with Crippen LogP contribution in [0.25, 0.3) is 0 Å². The molecule has 2 rings (SSSR count). The van der Waals surface area contributed by atoms with Gasteiger partial charge in [-0.3, -0.25) is 4.99 Å². The molecule has 0 saturated carbocycles. The lowest BCUT2D eigenvalue weighted by atomic mass is 10.1. The zero-order valence-electron chi connectivity index (χ0n) is 17.1. The monoisotopic (exact) mass is 545 g/mol. The van der Waals surface area contributed by atoms with E-state index < -0.39 is 27.2 Å². The summed E-state index contributed by atoms with van der Waals surface area (Å²) in [6, 6.07) is 3.81. The smallest absolute Gasteiger partial charge is 0.209 e. The molecule has 1 unspecified atom stereocenters. The van der Waals surface area contributed by atoms with Crippen LogP contribution < -0.4 is 20.3 Å². The van der Waals surface area contributed by atoms with Gasteiger partial charge in [0.15, 0.2) is 5.96 Å². The summed E-state index contributed by atoms with van der Waals surface area (Å²) in [4.78, 5) is 6.15. The van der Waals surface area contributed by atoms with Crippen LogP contribution in [-0.4, -0.2) is 58.4 Å². The maximum Gasteiger partial charge on any atom is 0.209 e. The van der Waals surface area contributed by atoms with Crippen LogP contribution in [0.4, 0.5) is 14.5 Å². The Morgan fingerprint density at radius 1 is 1.31 bits per heavy atom. The maximum atomic E-state index is 14.0. The first kappa shape index (κ1) is 25.8. The van der Waals surface area contributed by atoms with Crippen molar-refractivity contribution in [1.29, 1.82) is 0 Å². The lowest BCUT2D eigenvalue weighted by Gasteiger charge is -2.24. The number of nitrogens with zero attached hydrogens (tertiary/aromatic N) is 2. The average Bonchev–Trinajstić information content (AvgIpc) is 2.99. The number of rotatable bonds is 7. The molecule has 0 aliphatic carbocycles. The predicted molar refractivity (Wildman–Crippen MR) is 124 cm³/mol. The van der Waals surface area contributed by atoms with Crippen LogP contribution in [-0.2, 0) is 10.0 Å². The molecular weight excluding hydrogens is 515 g/mol. The van der Waals surface area contributed by atoms with Gasteiger partial charge in [0.1, 0.15) is 17.3 Å². The second kappa shape index (κ2) is 10.7. The largest absolute Gasteiger partial charge is 0.365 e. The van der Waals surface area contributed by atoms with E-state index in [1.807, 2.05) is 6.92 Å². The zero-order chi connectivity index (χ0) is 20.9. The topological polar surface area (TPSA) is 85.8 Å². The van der Waals surface area contributed by atoms with Gasteiger partial charge in [-0.05, 0) is 39.3 Å². The molecule has 1 heterocycles. The molecule has 29 heavy (non-hydrogen) atoms. The van der Waals surface area contributed by atoms with Gasteiger partial charge in [-0.25, -0.2) is 21.9 Å². The Bertz CT molecular complexity index is 800. The highest BCUT2D eigenvalue weighted by Crippen LogP contribution is 2.26. The Hall–Kier alpha value is -1.21. The molecule has 1 saturated heterocycles. The molecule has 7 nitrogen and oxygen atoms in total. The first-order valence-corrected chi connectivity index (χ1v) is 11.1. The number of nitrogens with one attached hydrogen (secondary N) is 3. The summed E-state index contributed by atoms with van der Waals surface area (Å²) in [5.41, 5.74) is -0.749. The fourth-order valence-electron chi connectivity index (χ4n) is 3.20. The minimum atomic E-state index is -3.35. The number of benzene rings is 1. The van der Waals surface area contributed by atoms with E-state index >= 15 is 0 Å². The molecule has 0 bridgehead atoms. The first-order valence-electron chi connectivity index (χ1n) is 9.23. The van der Waals surface area contributed by atoms with Crippen LogP contribution in [0, 0.1) is 11.6 Å². The molecule has 0 amide bonds. The summed E-state index contributed by atoms with van der Waals surface area (Å²) in [7, 11) is -3.35. The van der Waals surface area contributed by atoms with E-state index in [-0.39, 0.29) is 42.3 Å². The number of hydrogen-bond acceptors (Lipinski definition) is 4. The highest BCUT2D eigenvalue weighted by atomic mass is 127. The number of halogens is 3. The van der Waals surface area contributed by atoms with Crippen LogP contribution in [0.2, 0.25) is 0 Å². The molecule has 0 spiro atoms. The number of hydrogen-bond donors (Lipinski definition) is 3. The van der Waals surface area contributed by atoms with Crippen molar-refractivity contribution < 1.29 is 17.2 Å². The van der Waals surface area contributed by atoms with E-state index in [0.29, 0.717) is 32.0 Å². The van der Waals surface area contributed by atoms with Crippen molar-refractivity contribution in [2.24, 2.45) is 4.99 Å². The quantitative estimate of drug-likeness (QED) is 0.278. The van der Waals surface area contributed by atoms with Crippen molar-refractivity contribution in [3.63, 3.8) is 0 Å². The Morgan fingerprint density at radius 3 is 2.48 bits per heavy atom. The first-order chi connectivity index (χ1) is 13.0. The van der Waals surface area contributed by atoms with E-state index in [1.165, 1.54) is 18.2 Å². The summed E-state index contributed by atoms with van der Waals surface area (Å²) in [5.74, 6) is -0.614. The maximum absolute atomic E-state index is 14.0. The van der Waals surface area contributed by atoms with Gasteiger partial charge in [-0.15, -0.1) is 24.0 Å². The van der Waals surface area contributed by atoms with Crippen molar-refractivity contribution >= 4 is 45.6 Å². The summed E-state index contributed by atoms with van der Waals surface area (Å²) in [5, 5.41) is 6.38. The summed E-state index contributed by atoms with van der Waals surface area (Å²) >= 11 is 0. The third-order valence-corrected chi connectivity index (χ3v) is 5.14. The van der Waals surface area contributed by atoms with Gasteiger partial charge in [0, 0.05) is 31.2 Å². The lowest BCUT2D eigenvalue weighted by Crippen LogP contribution is -2.48. The van der Waals surface area contributed by atoms with Gasteiger partial charge in [-0.1, -0.05) is 6.07 Å². The van der Waals surface area contributed by atoms with Crippen molar-refractivity contribution in [1.82, 2.24) is 15.4 Å². The summed E-state index contributed by atoms with van der Waals surface area (Å²) in [6.07, 6.45) is 1.81. The highest BCUT2D eigenvalue weighted by Gasteiger charge is 2.28. The van der Waals surface area contributed by atoms with Gasteiger partial charge in [0.2, 0.25) is 10.0 Å². The van der Waals surface area contributed by atoms with Crippen molar-refractivity contribution in [3.05, 3.63) is 29.8 Å². The fourth-order valence-corrected chi connectivity index (χ4v) is 4.26. The van der Waals surface area contributed by atoms with Crippen LogP contribution in [0.15, 0.2) is 23.2 Å². The minimum absolute atomic E-state index is 0. The number of aliphatic imine (C=N–C) groups is 1. The molecule has 1 fully saturated rings. The van der Waals surface area contributed by atoms with Crippen molar-refractivity contribution in [2.45, 2.75) is 38.8 Å². The Kier molecular flexibility index (Phi) is 9.54. The minimum Gasteiger partial charge on any atom is -0.365 e. The molecule has 166 valence electrons. The lowest BCUT2D eigenvalue weighted by molar-refractivity contribution is 0.464. The normalized spacial score (nSPS) is 17.8. The second-order valence-electron chi connectivity index (χ2n) is 7.60. The molecule has 11 heteroatoms. The molecule has 1 atom stereocenters. The molecular formula is C18H30F2IN5O2S. The van der Waals surface area contributed by atoms with Gasteiger partial charge in [-0.2, -0.15) is 0 Å². The van der Waals surface area contributed by atoms with Crippen molar-refractivity contribution in [3.8, 4) is 0 Å². The zero-order valence-corrected chi connectivity index (χ0v) is 20.3. The van der Waals surface area contributed by atoms with E-state index in [9.17, 15) is 17.2 Å². The Balaban J connectivity index is 0.00000420. The molecule has 1 aromatic rings. The third-order valence-electron chi connectivity index (χ3n) is 4.22. The Morgan fingerprint density at radius 2 is 1.93 bits per heavy atom. The second-order valence-corrected chi connectivity index (χ2v) is 9.35. The SMILES string of the molecule is CCNC(=NCC(C)(C)NS(C)(=O)=O)NC1CCN(c2c(F)cccc2F)C1.I. The standard InChI is InChI=1S/C18H29F2N5O2S.HI/c1-5-21-17(22-12-18(2,3)24-28(4,26)27)23-13-9-10-25(11-13)16-14(19)7-6-8-15(16)20;/h6-8,13,24H,5,9-12H2,1-4H3,(H2,21,22,23);1H. The van der Waals surface area contributed by atoms with Gasteiger partial charge in [0.05, 0.1) is 12.8 Å². The number of guanidine groups is 1. The molecule has 1 aliphatic heterocycles. The van der Waals surface area contributed by atoms with Crippen molar-refractivity contribution in [2.75, 3.05) is 37.3 Å². The summed E-state index contributed by atoms with van der Waals surface area (Å²) in [6.45, 7) is 7.24. The van der Waals surface area contributed by atoms with Crippen LogP contribution >= 0.6 is 24.0 Å². The van der Waals surface area contributed by atoms with E-state index in [2.05, 4.69) is 20.3 Å². The van der Waals surface area contributed by atoms with Crippen LogP contribution in [0.1, 0.15) is 27.2 Å². The molecule has 1 aromatic carbocycles. The van der Waals surface area contributed by atoms with Crippen LogP contribution in [0.3, 0.4) is 0 Å². The molecule has 0 aromatic heterocycles. The van der Waals surface area contributed by atoms with Gasteiger partial charge < -0.3 is 15.5 Å². The summed E-state index contributed by atoms with van der Waals surface area (Å²) < 4.78 is 53.5. The average molecular weight is 545 g/mol. The number of anilines is 1. The van der Waals surface area contributed by atoms with E-state index in [1.54, 1.807) is 18.7 Å². The van der Waals surface area contributed by atoms with Crippen LogP contribution in [0.5, 0.6) is 0 Å². The van der Waals surface area contributed by atoms with Gasteiger partial charge in [0.25, 0.3) is 0 Å². The predicted octanol–water partition coefficient (Wildman–Crippen LogP) is 2.04. The number of para-hydroxylation sites is 1. The molecule has 3 N–H and O–H groups in total. The highest BCUT2D eigenvalue weighted by molar-refractivity contribution is 14.0.